The second-order valence-electron chi connectivity index (χ2n) is 6.76. The van der Waals surface area contributed by atoms with Gasteiger partial charge in [-0.05, 0) is 67.9 Å². The van der Waals surface area contributed by atoms with E-state index in [-0.39, 0.29) is 0 Å². The number of pyridine rings is 1. The van der Waals surface area contributed by atoms with Crippen LogP contribution in [0.5, 0.6) is 0 Å². The Morgan fingerprint density at radius 2 is 1.97 bits per heavy atom. The molecule has 0 saturated carbocycles. The van der Waals surface area contributed by atoms with Crippen LogP contribution in [0.4, 0.5) is 11.4 Å². The first-order valence-electron chi connectivity index (χ1n) is 9.33. The zero-order chi connectivity index (χ0) is 20.5. The van der Waals surface area contributed by atoms with Crippen molar-refractivity contribution < 1.29 is 4.52 Å². The zero-order valence-electron chi connectivity index (χ0n) is 16.7. The Kier molecular flexibility index (Phi) is 5.19. The minimum absolute atomic E-state index is 0.794. The smallest absolute Gasteiger partial charge is 0.141 e. The van der Waals surface area contributed by atoms with Gasteiger partial charge in [-0.15, -0.1) is 5.10 Å². The zero-order valence-corrected chi connectivity index (χ0v) is 18.3. The standard InChI is InChI=1S/C21H21BrN6O/c1-5-27(17-6-7-19(18(22)11-17)28-9-8-24-26-28)20-10-16(12-23-13(20)2)21-14(3)25-29-15(21)4/h6-12H,5H2,1-4H3. The van der Waals surface area contributed by atoms with E-state index in [9.17, 15) is 0 Å². The summed E-state index contributed by atoms with van der Waals surface area (Å²) in [5.74, 6) is 0.794. The van der Waals surface area contributed by atoms with E-state index in [2.05, 4.69) is 66.4 Å². The molecule has 1 aromatic carbocycles. The van der Waals surface area contributed by atoms with Crippen molar-refractivity contribution in [1.29, 1.82) is 0 Å². The van der Waals surface area contributed by atoms with Crippen LogP contribution < -0.4 is 4.90 Å². The maximum atomic E-state index is 5.34. The fraction of sp³-hybridized carbons (Fsp3) is 0.238. The van der Waals surface area contributed by atoms with Gasteiger partial charge in [0.25, 0.3) is 0 Å². The minimum Gasteiger partial charge on any atom is -0.361 e. The van der Waals surface area contributed by atoms with Crippen LogP contribution in [0, 0.1) is 20.8 Å². The molecule has 4 aromatic rings. The largest absolute Gasteiger partial charge is 0.361 e. The molecule has 0 bridgehead atoms. The predicted octanol–water partition coefficient (Wildman–Crippen LogP) is 5.16. The van der Waals surface area contributed by atoms with Gasteiger partial charge in [0.2, 0.25) is 0 Å². The second kappa shape index (κ2) is 7.79. The van der Waals surface area contributed by atoms with E-state index < -0.39 is 0 Å². The van der Waals surface area contributed by atoms with Crippen LogP contribution in [0.25, 0.3) is 16.8 Å². The summed E-state index contributed by atoms with van der Waals surface area (Å²) in [5.41, 5.74) is 6.85. The first kappa shape index (κ1) is 19.3. The van der Waals surface area contributed by atoms with Crippen LogP contribution in [0.15, 0.2) is 51.9 Å². The van der Waals surface area contributed by atoms with E-state index in [0.717, 1.165) is 56.4 Å². The highest BCUT2D eigenvalue weighted by atomic mass is 79.9. The Hall–Kier alpha value is -3.00. The molecule has 8 heteroatoms. The van der Waals surface area contributed by atoms with Crippen molar-refractivity contribution in [3.8, 4) is 16.8 Å². The number of benzene rings is 1. The summed E-state index contributed by atoms with van der Waals surface area (Å²) in [6.45, 7) is 8.81. The molecule has 0 aliphatic rings. The number of anilines is 2. The molecule has 3 aromatic heterocycles. The fourth-order valence-corrected chi connectivity index (χ4v) is 4.05. The van der Waals surface area contributed by atoms with E-state index in [0.29, 0.717) is 0 Å². The molecule has 7 nitrogen and oxygen atoms in total. The number of halogens is 1. The van der Waals surface area contributed by atoms with E-state index in [1.807, 2.05) is 39.2 Å². The molecular weight excluding hydrogens is 432 g/mol. The van der Waals surface area contributed by atoms with Gasteiger partial charge in [-0.2, -0.15) is 0 Å². The summed E-state index contributed by atoms with van der Waals surface area (Å²) in [6, 6.07) is 8.34. The van der Waals surface area contributed by atoms with E-state index in [1.54, 1.807) is 10.9 Å². The summed E-state index contributed by atoms with van der Waals surface area (Å²) in [6.07, 6.45) is 5.36. The van der Waals surface area contributed by atoms with Crippen molar-refractivity contribution >= 4 is 27.3 Å². The molecular formula is C21H21BrN6O. The van der Waals surface area contributed by atoms with Crippen molar-refractivity contribution in [2.45, 2.75) is 27.7 Å². The average molecular weight is 453 g/mol. The third-order valence-corrected chi connectivity index (χ3v) is 5.54. The minimum atomic E-state index is 0.794. The molecule has 0 atom stereocenters. The van der Waals surface area contributed by atoms with Gasteiger partial charge in [-0.3, -0.25) is 4.98 Å². The van der Waals surface area contributed by atoms with Crippen LogP contribution >= 0.6 is 15.9 Å². The molecule has 0 aliphatic heterocycles. The topological polar surface area (TPSA) is 72.9 Å². The van der Waals surface area contributed by atoms with Gasteiger partial charge < -0.3 is 9.42 Å². The highest BCUT2D eigenvalue weighted by molar-refractivity contribution is 9.10. The van der Waals surface area contributed by atoms with Gasteiger partial charge in [-0.1, -0.05) is 10.4 Å². The van der Waals surface area contributed by atoms with E-state index >= 15 is 0 Å². The third kappa shape index (κ3) is 3.55. The predicted molar refractivity (Wildman–Crippen MR) is 116 cm³/mol. The van der Waals surface area contributed by atoms with Gasteiger partial charge in [0.1, 0.15) is 5.76 Å². The summed E-state index contributed by atoms with van der Waals surface area (Å²) in [4.78, 5) is 6.88. The van der Waals surface area contributed by atoms with Crippen LogP contribution in [0.3, 0.4) is 0 Å². The first-order chi connectivity index (χ1) is 14.0. The lowest BCUT2D eigenvalue weighted by Gasteiger charge is -2.26. The highest BCUT2D eigenvalue weighted by Crippen LogP contribution is 2.35. The summed E-state index contributed by atoms with van der Waals surface area (Å²) in [7, 11) is 0. The maximum absolute atomic E-state index is 5.34. The van der Waals surface area contributed by atoms with Crippen LogP contribution in [0.1, 0.15) is 24.1 Å². The molecule has 0 amide bonds. The Bertz CT molecular complexity index is 1130. The van der Waals surface area contributed by atoms with Crippen molar-refractivity contribution in [2.75, 3.05) is 11.4 Å². The van der Waals surface area contributed by atoms with Crippen molar-refractivity contribution in [3.63, 3.8) is 0 Å². The quantitative estimate of drug-likeness (QED) is 0.416. The summed E-state index contributed by atoms with van der Waals surface area (Å²) >= 11 is 3.67. The first-order valence-corrected chi connectivity index (χ1v) is 10.1. The van der Waals surface area contributed by atoms with Crippen LogP contribution in [-0.2, 0) is 0 Å². The van der Waals surface area contributed by atoms with Crippen molar-refractivity contribution in [1.82, 2.24) is 25.1 Å². The molecule has 3 heterocycles. The van der Waals surface area contributed by atoms with Gasteiger partial charge >= 0.3 is 0 Å². The van der Waals surface area contributed by atoms with Crippen LogP contribution in [-0.4, -0.2) is 31.7 Å². The number of aromatic nitrogens is 5. The SMILES string of the molecule is CCN(c1ccc(-n2ccnn2)c(Br)c1)c1cc(-c2c(C)noc2C)cnc1C. The van der Waals surface area contributed by atoms with Crippen molar-refractivity contribution in [2.24, 2.45) is 0 Å². The highest BCUT2D eigenvalue weighted by Gasteiger charge is 2.17. The molecule has 0 spiro atoms. The summed E-state index contributed by atoms with van der Waals surface area (Å²) < 4.78 is 8.01. The molecule has 29 heavy (non-hydrogen) atoms. The monoisotopic (exact) mass is 452 g/mol. The molecule has 0 radical (unpaired) electrons. The van der Waals surface area contributed by atoms with Gasteiger partial charge in [-0.25, -0.2) is 4.68 Å². The number of rotatable bonds is 5. The molecule has 0 fully saturated rings. The lowest BCUT2D eigenvalue weighted by molar-refractivity contribution is 0.393. The number of nitrogens with zero attached hydrogens (tertiary/aromatic N) is 6. The Morgan fingerprint density at radius 3 is 2.59 bits per heavy atom. The lowest BCUT2D eigenvalue weighted by atomic mass is 10.0. The van der Waals surface area contributed by atoms with Gasteiger partial charge in [0, 0.05) is 34.0 Å². The van der Waals surface area contributed by atoms with Crippen LogP contribution in [0.2, 0.25) is 0 Å². The Morgan fingerprint density at radius 1 is 1.14 bits per heavy atom. The maximum Gasteiger partial charge on any atom is 0.141 e. The molecule has 0 N–H and O–H groups in total. The van der Waals surface area contributed by atoms with E-state index in [1.165, 1.54) is 0 Å². The lowest BCUT2D eigenvalue weighted by Crippen LogP contribution is -2.18. The molecule has 0 unspecified atom stereocenters. The number of aryl methyl sites for hydroxylation is 3. The van der Waals surface area contributed by atoms with Crippen molar-refractivity contribution in [3.05, 3.63) is 64.5 Å². The molecule has 4 rings (SSSR count). The third-order valence-electron chi connectivity index (χ3n) is 4.90. The average Bonchev–Trinajstić information content (AvgIpc) is 3.34. The fourth-order valence-electron chi connectivity index (χ4n) is 3.50. The summed E-state index contributed by atoms with van der Waals surface area (Å²) in [5, 5.41) is 12.0. The normalized spacial score (nSPS) is 11.1. The molecule has 0 saturated heterocycles. The Labute approximate surface area is 177 Å². The number of hydrogen-bond acceptors (Lipinski definition) is 6. The van der Waals surface area contributed by atoms with Gasteiger partial charge in [0.05, 0.1) is 35.2 Å². The molecule has 148 valence electrons. The number of hydrogen-bond donors (Lipinski definition) is 0. The molecule has 0 aliphatic carbocycles. The van der Waals surface area contributed by atoms with Gasteiger partial charge in [0.15, 0.2) is 0 Å². The van der Waals surface area contributed by atoms with E-state index in [4.69, 9.17) is 4.52 Å². The Balaban J connectivity index is 1.77. The second-order valence-corrected chi connectivity index (χ2v) is 7.61.